The third-order valence-corrected chi connectivity index (χ3v) is 3.82. The highest BCUT2D eigenvalue weighted by Crippen LogP contribution is 2.08. The van der Waals surface area contributed by atoms with Crippen molar-refractivity contribution in [2.45, 2.75) is 58.9 Å². The molecule has 0 saturated carbocycles. The summed E-state index contributed by atoms with van der Waals surface area (Å²) in [7, 11) is 0. The highest BCUT2D eigenvalue weighted by Gasteiger charge is 2.23. The summed E-state index contributed by atoms with van der Waals surface area (Å²) in [6.45, 7) is 5.71. The number of nitrogens with two attached hydrogens (primary N) is 2. The number of nitrogens with zero attached hydrogens (tertiary/aromatic N) is 1. The van der Waals surface area contributed by atoms with Gasteiger partial charge >= 0.3 is 0 Å². The molecule has 5 amide bonds. The highest BCUT2D eigenvalue weighted by molar-refractivity contribution is 6.12. The molecule has 1 aliphatic heterocycles. The van der Waals surface area contributed by atoms with Crippen LogP contribution in [0.5, 0.6) is 0 Å². The second kappa shape index (κ2) is 12.6. The van der Waals surface area contributed by atoms with Crippen LogP contribution in [0.15, 0.2) is 12.2 Å². The summed E-state index contributed by atoms with van der Waals surface area (Å²) in [5.74, 6) is -1.63. The van der Waals surface area contributed by atoms with Crippen molar-refractivity contribution in [3.8, 4) is 0 Å². The molecule has 1 unspecified atom stereocenters. The molecule has 1 heterocycles. The lowest BCUT2D eigenvalue weighted by atomic mass is 10.0. The van der Waals surface area contributed by atoms with Gasteiger partial charge in [0, 0.05) is 31.5 Å². The molecule has 0 spiro atoms. The van der Waals surface area contributed by atoms with Crippen LogP contribution in [0.25, 0.3) is 0 Å². The Bertz CT molecular complexity index is 568. The van der Waals surface area contributed by atoms with Gasteiger partial charge < -0.3 is 16.8 Å². The standard InChI is InChI=1S/C15H23N3O4.C3H7NO/c1-10(2)14(15(16)22)17-11(19)6-4-3-5-9-18-12(20)7-8-13(18)21;1-2-3(4)5/h7-8,10,14H,3-6,9H2,1-2H3,(H2,16,22)(H,17,19);2H2,1H3,(H2,4,5). The molecule has 0 saturated heterocycles. The molecule has 5 N–H and O–H groups in total. The number of imide groups is 1. The quantitative estimate of drug-likeness (QED) is 0.358. The summed E-state index contributed by atoms with van der Waals surface area (Å²) in [4.78, 5) is 56.3. The maximum atomic E-state index is 11.7. The van der Waals surface area contributed by atoms with E-state index < -0.39 is 11.9 Å². The smallest absolute Gasteiger partial charge is 0.253 e. The van der Waals surface area contributed by atoms with Gasteiger partial charge in [-0.1, -0.05) is 27.2 Å². The lowest BCUT2D eigenvalue weighted by molar-refractivity contribution is -0.137. The summed E-state index contributed by atoms with van der Waals surface area (Å²) in [5.41, 5.74) is 9.88. The zero-order valence-corrected chi connectivity index (χ0v) is 16.2. The molecule has 0 aliphatic carbocycles. The van der Waals surface area contributed by atoms with Gasteiger partial charge in [-0.2, -0.15) is 0 Å². The fraction of sp³-hybridized carbons (Fsp3) is 0.611. The maximum absolute atomic E-state index is 11.7. The van der Waals surface area contributed by atoms with E-state index in [4.69, 9.17) is 5.73 Å². The van der Waals surface area contributed by atoms with Crippen LogP contribution < -0.4 is 16.8 Å². The fourth-order valence-electron chi connectivity index (χ4n) is 2.20. The van der Waals surface area contributed by atoms with Crippen LogP contribution in [-0.4, -0.2) is 47.0 Å². The van der Waals surface area contributed by atoms with E-state index in [0.29, 0.717) is 32.2 Å². The Balaban J connectivity index is 0.00000119. The van der Waals surface area contributed by atoms with Crippen LogP contribution in [0.2, 0.25) is 0 Å². The van der Waals surface area contributed by atoms with Crippen molar-refractivity contribution in [3.63, 3.8) is 0 Å². The Morgan fingerprint density at radius 1 is 1.04 bits per heavy atom. The lowest BCUT2D eigenvalue weighted by Crippen LogP contribution is -2.47. The van der Waals surface area contributed by atoms with Gasteiger partial charge in [-0.25, -0.2) is 0 Å². The van der Waals surface area contributed by atoms with Crippen LogP contribution in [0.4, 0.5) is 0 Å². The molecule has 0 aromatic carbocycles. The van der Waals surface area contributed by atoms with Crippen molar-refractivity contribution in [1.82, 2.24) is 10.2 Å². The fourth-order valence-corrected chi connectivity index (χ4v) is 2.20. The van der Waals surface area contributed by atoms with Crippen molar-refractivity contribution in [2.24, 2.45) is 17.4 Å². The van der Waals surface area contributed by atoms with Crippen molar-refractivity contribution >= 4 is 29.5 Å². The number of nitrogens with one attached hydrogen (secondary N) is 1. The number of hydrogen-bond acceptors (Lipinski definition) is 5. The first kappa shape index (κ1) is 24.3. The van der Waals surface area contributed by atoms with Crippen LogP contribution in [0.1, 0.15) is 52.9 Å². The molecule has 0 bridgehead atoms. The average Bonchev–Trinajstić information content (AvgIpc) is 2.91. The van der Waals surface area contributed by atoms with Crippen molar-refractivity contribution in [2.75, 3.05) is 6.54 Å². The Kier molecular flexibility index (Phi) is 11.3. The van der Waals surface area contributed by atoms with Gasteiger partial charge in [0.1, 0.15) is 6.04 Å². The first-order valence-corrected chi connectivity index (χ1v) is 9.00. The Hall–Kier alpha value is -2.71. The van der Waals surface area contributed by atoms with Crippen LogP contribution >= 0.6 is 0 Å². The van der Waals surface area contributed by atoms with E-state index >= 15 is 0 Å². The van der Waals surface area contributed by atoms with Crippen molar-refractivity contribution in [1.29, 1.82) is 0 Å². The van der Waals surface area contributed by atoms with E-state index in [-0.39, 0.29) is 36.0 Å². The average molecular weight is 382 g/mol. The summed E-state index contributed by atoms with van der Waals surface area (Å²) < 4.78 is 0. The monoisotopic (exact) mass is 382 g/mol. The van der Waals surface area contributed by atoms with Gasteiger partial charge in [-0.3, -0.25) is 28.9 Å². The lowest BCUT2D eigenvalue weighted by Gasteiger charge is -2.19. The molecule has 1 atom stereocenters. The van der Waals surface area contributed by atoms with Gasteiger partial charge in [0.25, 0.3) is 11.8 Å². The number of rotatable bonds is 10. The van der Waals surface area contributed by atoms with E-state index in [0.717, 1.165) is 0 Å². The number of carbonyl (C=O) groups excluding carboxylic acids is 5. The van der Waals surface area contributed by atoms with E-state index in [2.05, 4.69) is 11.1 Å². The Morgan fingerprint density at radius 2 is 1.56 bits per heavy atom. The largest absolute Gasteiger partial charge is 0.370 e. The second-order valence-corrected chi connectivity index (χ2v) is 6.48. The molecule has 152 valence electrons. The first-order chi connectivity index (χ1) is 12.6. The molecular formula is C18H30N4O5. The van der Waals surface area contributed by atoms with Crippen LogP contribution in [0.3, 0.4) is 0 Å². The highest BCUT2D eigenvalue weighted by atomic mass is 16.2. The van der Waals surface area contributed by atoms with Gasteiger partial charge in [0.15, 0.2) is 0 Å². The van der Waals surface area contributed by atoms with Crippen LogP contribution in [0, 0.1) is 5.92 Å². The first-order valence-electron chi connectivity index (χ1n) is 9.00. The molecule has 0 aromatic heterocycles. The number of amides is 5. The SMILES string of the molecule is CC(C)C(NC(=O)CCCCCN1C(=O)C=CC1=O)C(N)=O.CCC(N)=O. The Morgan fingerprint density at radius 3 is 1.96 bits per heavy atom. The minimum atomic E-state index is -0.654. The van der Waals surface area contributed by atoms with Crippen molar-refractivity contribution < 1.29 is 24.0 Å². The van der Waals surface area contributed by atoms with E-state index in [1.807, 2.05) is 13.8 Å². The Labute approximate surface area is 159 Å². The van der Waals surface area contributed by atoms with E-state index in [9.17, 15) is 24.0 Å². The summed E-state index contributed by atoms with van der Waals surface area (Å²) >= 11 is 0. The normalized spacial score (nSPS) is 14.0. The summed E-state index contributed by atoms with van der Waals surface area (Å²) in [6.07, 6.45) is 5.23. The van der Waals surface area contributed by atoms with Gasteiger partial charge in [-0.15, -0.1) is 0 Å². The number of unbranched alkanes of at least 4 members (excludes halogenated alkanes) is 2. The molecule has 27 heavy (non-hydrogen) atoms. The predicted molar refractivity (Wildman–Crippen MR) is 99.8 cm³/mol. The molecule has 0 radical (unpaired) electrons. The third kappa shape index (κ3) is 10.1. The molecule has 0 aromatic rings. The number of primary amides is 2. The number of carbonyl (C=O) groups is 5. The zero-order valence-electron chi connectivity index (χ0n) is 16.2. The second-order valence-electron chi connectivity index (χ2n) is 6.48. The topological polar surface area (TPSA) is 153 Å². The molecule has 9 heteroatoms. The maximum Gasteiger partial charge on any atom is 0.253 e. The third-order valence-electron chi connectivity index (χ3n) is 3.82. The summed E-state index contributed by atoms with van der Waals surface area (Å²) in [5, 5.41) is 2.62. The summed E-state index contributed by atoms with van der Waals surface area (Å²) in [6, 6.07) is -0.654. The van der Waals surface area contributed by atoms with Gasteiger partial charge in [0.05, 0.1) is 0 Å². The van der Waals surface area contributed by atoms with Crippen molar-refractivity contribution in [3.05, 3.63) is 12.2 Å². The molecule has 9 nitrogen and oxygen atoms in total. The molecule has 0 fully saturated rings. The molecular weight excluding hydrogens is 352 g/mol. The van der Waals surface area contributed by atoms with Gasteiger partial charge in [0.2, 0.25) is 17.7 Å². The number of hydrogen-bond donors (Lipinski definition) is 3. The molecule has 1 rings (SSSR count). The predicted octanol–water partition coefficient (Wildman–Crippen LogP) is -0.0204. The zero-order chi connectivity index (χ0) is 21.0. The van der Waals surface area contributed by atoms with Crippen LogP contribution in [-0.2, 0) is 24.0 Å². The van der Waals surface area contributed by atoms with Gasteiger partial charge in [-0.05, 0) is 18.8 Å². The minimum Gasteiger partial charge on any atom is -0.370 e. The minimum absolute atomic E-state index is 0.0545. The van der Waals surface area contributed by atoms with E-state index in [1.165, 1.54) is 17.1 Å². The van der Waals surface area contributed by atoms with E-state index in [1.54, 1.807) is 6.92 Å². The molecule has 1 aliphatic rings.